The van der Waals surface area contributed by atoms with Gasteiger partial charge >= 0.3 is 0 Å². The van der Waals surface area contributed by atoms with Crippen LogP contribution in [-0.2, 0) is 0 Å². The maximum Gasteiger partial charge on any atom is 0.197 e. The molecule has 2 N–H and O–H groups in total. The van der Waals surface area contributed by atoms with Crippen molar-refractivity contribution in [2.45, 2.75) is 6.92 Å². The predicted octanol–water partition coefficient (Wildman–Crippen LogP) is 1.55. The molecule has 15 heavy (non-hydrogen) atoms. The third-order valence-electron chi connectivity index (χ3n) is 2.23. The maximum absolute atomic E-state index is 11.5. The third-order valence-corrected chi connectivity index (χ3v) is 2.96. The SMILES string of the molecule is Cc1cccc2nc(C(=O)CN)c(Br)n12. The van der Waals surface area contributed by atoms with Gasteiger partial charge in [0.05, 0.1) is 6.54 Å². The van der Waals surface area contributed by atoms with Crippen LogP contribution in [0.15, 0.2) is 22.8 Å². The van der Waals surface area contributed by atoms with E-state index < -0.39 is 0 Å². The molecule has 4 nitrogen and oxygen atoms in total. The van der Waals surface area contributed by atoms with Crippen LogP contribution in [0.5, 0.6) is 0 Å². The van der Waals surface area contributed by atoms with E-state index in [2.05, 4.69) is 20.9 Å². The highest BCUT2D eigenvalue weighted by molar-refractivity contribution is 9.10. The van der Waals surface area contributed by atoms with E-state index in [1.807, 2.05) is 29.5 Å². The fourth-order valence-corrected chi connectivity index (χ4v) is 2.26. The molecule has 0 spiro atoms. The number of carbonyl (C=O) groups excluding carboxylic acids is 1. The smallest absolute Gasteiger partial charge is 0.197 e. The molecular formula is C10H10BrN3O. The number of nitrogens with two attached hydrogens (primary N) is 1. The Balaban J connectivity index is 2.75. The van der Waals surface area contributed by atoms with Crippen LogP contribution in [0.1, 0.15) is 16.2 Å². The number of fused-ring (bicyclic) bond motifs is 1. The number of imidazole rings is 1. The molecule has 0 amide bonds. The molecule has 0 saturated carbocycles. The third kappa shape index (κ3) is 1.57. The Labute approximate surface area is 95.2 Å². The number of aryl methyl sites for hydroxylation is 1. The summed E-state index contributed by atoms with van der Waals surface area (Å²) in [7, 11) is 0. The molecule has 5 heteroatoms. The number of hydrogen-bond acceptors (Lipinski definition) is 3. The largest absolute Gasteiger partial charge is 0.324 e. The molecule has 0 aliphatic heterocycles. The van der Waals surface area contributed by atoms with Crippen LogP contribution >= 0.6 is 15.9 Å². The van der Waals surface area contributed by atoms with Gasteiger partial charge in [0.25, 0.3) is 0 Å². The monoisotopic (exact) mass is 267 g/mol. The second-order valence-corrected chi connectivity index (χ2v) is 3.99. The fourth-order valence-electron chi connectivity index (χ4n) is 1.49. The molecule has 0 aliphatic rings. The van der Waals surface area contributed by atoms with Crippen molar-refractivity contribution in [1.29, 1.82) is 0 Å². The second-order valence-electron chi connectivity index (χ2n) is 3.24. The van der Waals surface area contributed by atoms with Crippen molar-refractivity contribution in [2.75, 3.05) is 6.54 Å². The fraction of sp³-hybridized carbons (Fsp3) is 0.200. The normalized spacial score (nSPS) is 10.9. The number of aromatic nitrogens is 2. The molecular weight excluding hydrogens is 258 g/mol. The van der Waals surface area contributed by atoms with E-state index in [0.717, 1.165) is 11.3 Å². The Morgan fingerprint density at radius 2 is 2.33 bits per heavy atom. The highest BCUT2D eigenvalue weighted by atomic mass is 79.9. The molecule has 0 fully saturated rings. The Hall–Kier alpha value is -1.20. The number of nitrogens with zero attached hydrogens (tertiary/aromatic N) is 2. The standard InChI is InChI=1S/C10H10BrN3O/c1-6-3-2-4-8-13-9(7(15)5-12)10(11)14(6)8/h2-4H,5,12H2,1H3. The van der Waals surface area contributed by atoms with Crippen molar-refractivity contribution >= 4 is 27.4 Å². The minimum absolute atomic E-state index is 0.0263. The van der Waals surface area contributed by atoms with Crippen LogP contribution in [-0.4, -0.2) is 21.7 Å². The van der Waals surface area contributed by atoms with Gasteiger partial charge in [0, 0.05) is 5.69 Å². The summed E-state index contributed by atoms with van der Waals surface area (Å²) in [6.07, 6.45) is 0. The van der Waals surface area contributed by atoms with E-state index in [-0.39, 0.29) is 12.3 Å². The van der Waals surface area contributed by atoms with Gasteiger partial charge in [-0.3, -0.25) is 9.20 Å². The molecule has 0 aliphatic carbocycles. The number of ketones is 1. The summed E-state index contributed by atoms with van der Waals surface area (Å²) in [4.78, 5) is 15.7. The first-order valence-corrected chi connectivity index (χ1v) is 5.31. The predicted molar refractivity (Wildman–Crippen MR) is 61.0 cm³/mol. The summed E-state index contributed by atoms with van der Waals surface area (Å²) in [5, 5.41) is 0. The summed E-state index contributed by atoms with van der Waals surface area (Å²) in [6, 6.07) is 5.71. The van der Waals surface area contributed by atoms with Crippen LogP contribution in [0.2, 0.25) is 0 Å². The first kappa shape index (κ1) is 10.3. The molecule has 0 atom stereocenters. The van der Waals surface area contributed by atoms with Gasteiger partial charge in [-0.15, -0.1) is 0 Å². The average molecular weight is 268 g/mol. The van der Waals surface area contributed by atoms with Gasteiger partial charge in [0.2, 0.25) is 0 Å². The van der Waals surface area contributed by atoms with Gasteiger partial charge in [-0.2, -0.15) is 0 Å². The summed E-state index contributed by atoms with van der Waals surface area (Å²) in [5.41, 5.74) is 7.47. The molecule has 2 aromatic rings. The van der Waals surface area contributed by atoms with Crippen molar-refractivity contribution in [3.05, 3.63) is 34.2 Å². The highest BCUT2D eigenvalue weighted by Crippen LogP contribution is 2.20. The molecule has 0 bridgehead atoms. The van der Waals surface area contributed by atoms with Gasteiger partial charge in [-0.25, -0.2) is 4.98 Å². The van der Waals surface area contributed by atoms with Gasteiger partial charge in [-0.1, -0.05) is 6.07 Å². The zero-order valence-corrected chi connectivity index (χ0v) is 9.78. The average Bonchev–Trinajstić information content (AvgIpc) is 2.56. The molecule has 0 radical (unpaired) electrons. The van der Waals surface area contributed by atoms with E-state index in [9.17, 15) is 4.79 Å². The molecule has 2 aromatic heterocycles. The lowest BCUT2D eigenvalue weighted by atomic mass is 10.3. The van der Waals surface area contributed by atoms with Crippen molar-refractivity contribution in [3.63, 3.8) is 0 Å². The van der Waals surface area contributed by atoms with Crippen molar-refractivity contribution < 1.29 is 4.79 Å². The number of Topliss-reactive ketones (excluding diaryl/α,β-unsaturated/α-hetero) is 1. The van der Waals surface area contributed by atoms with Crippen molar-refractivity contribution in [3.8, 4) is 0 Å². The Morgan fingerprint density at radius 1 is 1.60 bits per heavy atom. The summed E-state index contributed by atoms with van der Waals surface area (Å²) in [6.45, 7) is 1.93. The van der Waals surface area contributed by atoms with E-state index in [4.69, 9.17) is 5.73 Å². The van der Waals surface area contributed by atoms with Gasteiger partial charge in [-0.05, 0) is 35.0 Å². The lowest BCUT2D eigenvalue weighted by Gasteiger charge is -1.99. The van der Waals surface area contributed by atoms with Gasteiger partial charge in [0.1, 0.15) is 15.9 Å². The lowest BCUT2D eigenvalue weighted by Crippen LogP contribution is -2.14. The van der Waals surface area contributed by atoms with Gasteiger partial charge < -0.3 is 5.73 Å². The molecule has 2 rings (SSSR count). The molecule has 0 aromatic carbocycles. The van der Waals surface area contributed by atoms with Crippen molar-refractivity contribution in [2.24, 2.45) is 5.73 Å². The molecule has 2 heterocycles. The van der Waals surface area contributed by atoms with Crippen LogP contribution in [0.4, 0.5) is 0 Å². The first-order valence-electron chi connectivity index (χ1n) is 4.52. The highest BCUT2D eigenvalue weighted by Gasteiger charge is 2.16. The molecule has 0 unspecified atom stereocenters. The number of hydrogen-bond donors (Lipinski definition) is 1. The van der Waals surface area contributed by atoms with E-state index in [1.54, 1.807) is 0 Å². The zero-order chi connectivity index (χ0) is 11.0. The van der Waals surface area contributed by atoms with Crippen molar-refractivity contribution in [1.82, 2.24) is 9.38 Å². The van der Waals surface area contributed by atoms with E-state index >= 15 is 0 Å². The minimum atomic E-state index is -0.162. The quantitative estimate of drug-likeness (QED) is 0.840. The number of rotatable bonds is 2. The topological polar surface area (TPSA) is 60.4 Å². The first-order chi connectivity index (χ1) is 7.15. The minimum Gasteiger partial charge on any atom is -0.324 e. The van der Waals surface area contributed by atoms with Gasteiger partial charge in [0.15, 0.2) is 5.78 Å². The summed E-state index contributed by atoms with van der Waals surface area (Å²) in [5.74, 6) is -0.162. The lowest BCUT2D eigenvalue weighted by molar-refractivity contribution is 0.0996. The number of halogens is 1. The van der Waals surface area contributed by atoms with Crippen LogP contribution < -0.4 is 5.73 Å². The number of carbonyl (C=O) groups is 1. The van der Waals surface area contributed by atoms with E-state index in [0.29, 0.717) is 10.3 Å². The van der Waals surface area contributed by atoms with Crippen LogP contribution in [0, 0.1) is 6.92 Å². The number of pyridine rings is 1. The Kier molecular flexibility index (Phi) is 2.58. The Bertz CT molecular complexity index is 533. The zero-order valence-electron chi connectivity index (χ0n) is 8.20. The molecule has 0 saturated heterocycles. The molecule has 78 valence electrons. The summed E-state index contributed by atoms with van der Waals surface area (Å²) >= 11 is 3.37. The maximum atomic E-state index is 11.5. The van der Waals surface area contributed by atoms with E-state index in [1.165, 1.54) is 0 Å². The van der Waals surface area contributed by atoms with Crippen LogP contribution in [0.3, 0.4) is 0 Å². The Morgan fingerprint density at radius 3 is 2.93 bits per heavy atom. The summed E-state index contributed by atoms with van der Waals surface area (Å²) < 4.78 is 2.55. The second kappa shape index (κ2) is 3.75. The van der Waals surface area contributed by atoms with Crippen LogP contribution in [0.25, 0.3) is 5.65 Å².